The Labute approximate surface area is 279 Å². The van der Waals surface area contributed by atoms with Crippen molar-refractivity contribution in [1.82, 2.24) is 19.2 Å². The van der Waals surface area contributed by atoms with Crippen molar-refractivity contribution in [2.75, 3.05) is 38.6 Å². The van der Waals surface area contributed by atoms with Gasteiger partial charge in [-0.25, -0.2) is 9.07 Å². The summed E-state index contributed by atoms with van der Waals surface area (Å²) in [5.74, 6) is -0.106. The molecular formula is C36H40FN5O5Si. The first kappa shape index (κ1) is 33.1. The van der Waals surface area contributed by atoms with Gasteiger partial charge in [-0.15, -0.1) is 0 Å². The van der Waals surface area contributed by atoms with E-state index in [0.717, 1.165) is 22.5 Å². The third-order valence-corrected chi connectivity index (χ3v) is 10.1. The van der Waals surface area contributed by atoms with E-state index in [0.29, 0.717) is 55.6 Å². The van der Waals surface area contributed by atoms with E-state index in [2.05, 4.69) is 24.7 Å². The van der Waals surface area contributed by atoms with Gasteiger partial charge in [0.2, 0.25) is 5.78 Å². The molecule has 1 amide bonds. The quantitative estimate of drug-likeness (QED) is 0.0950. The van der Waals surface area contributed by atoms with Gasteiger partial charge in [-0.1, -0.05) is 31.8 Å². The molecule has 5 aromatic rings. The number of amides is 1. The number of nitrogens with zero attached hydrogens (tertiary/aromatic N) is 4. The van der Waals surface area contributed by atoms with Crippen LogP contribution in [0, 0.1) is 12.7 Å². The molecular weight excluding hydrogens is 630 g/mol. The largest absolute Gasteiger partial charge is 0.454 e. The van der Waals surface area contributed by atoms with Crippen molar-refractivity contribution >= 4 is 36.5 Å². The second-order valence-corrected chi connectivity index (χ2v) is 18.8. The normalized spacial score (nSPS) is 13.6. The number of morpholine rings is 1. The van der Waals surface area contributed by atoms with Crippen molar-refractivity contribution in [2.24, 2.45) is 0 Å². The topological polar surface area (TPSA) is 114 Å². The van der Waals surface area contributed by atoms with Gasteiger partial charge in [-0.05, 0) is 73.1 Å². The summed E-state index contributed by atoms with van der Waals surface area (Å²) in [6, 6.07) is 19.7. The van der Waals surface area contributed by atoms with Gasteiger partial charge >= 0.3 is 0 Å². The number of carbonyl (C=O) groups excluding carboxylic acids is 2. The van der Waals surface area contributed by atoms with Gasteiger partial charge < -0.3 is 29.4 Å². The number of aryl methyl sites for hydroxylation is 1. The van der Waals surface area contributed by atoms with Crippen LogP contribution in [-0.4, -0.2) is 71.9 Å². The van der Waals surface area contributed by atoms with Gasteiger partial charge in [0.25, 0.3) is 5.91 Å². The summed E-state index contributed by atoms with van der Waals surface area (Å²) in [4.78, 5) is 29.2. The summed E-state index contributed by atoms with van der Waals surface area (Å²) in [5, 5.41) is 5.22. The molecule has 1 aliphatic heterocycles. The van der Waals surface area contributed by atoms with Crippen LogP contribution in [0.4, 0.5) is 10.2 Å². The molecule has 0 spiro atoms. The van der Waals surface area contributed by atoms with Crippen molar-refractivity contribution in [3.05, 3.63) is 101 Å². The molecule has 1 saturated heterocycles. The number of aromatic nitrogens is 3. The molecule has 250 valence electrons. The maximum atomic E-state index is 14.2. The molecule has 2 aromatic heterocycles. The van der Waals surface area contributed by atoms with Gasteiger partial charge in [-0.2, -0.15) is 5.10 Å². The number of benzene rings is 3. The van der Waals surface area contributed by atoms with Crippen molar-refractivity contribution in [3.8, 4) is 17.2 Å². The Hall–Kier alpha value is -4.78. The Balaban J connectivity index is 1.30. The van der Waals surface area contributed by atoms with E-state index in [1.54, 1.807) is 53.4 Å². The predicted molar refractivity (Wildman–Crippen MR) is 185 cm³/mol. The number of hydrogen-bond acceptors (Lipinski definition) is 7. The molecule has 0 bridgehead atoms. The molecule has 0 aliphatic carbocycles. The van der Waals surface area contributed by atoms with Crippen LogP contribution in [0.25, 0.3) is 16.6 Å². The predicted octanol–water partition coefficient (Wildman–Crippen LogP) is 6.66. The zero-order valence-corrected chi connectivity index (χ0v) is 28.7. The second-order valence-electron chi connectivity index (χ2n) is 13.1. The van der Waals surface area contributed by atoms with Crippen LogP contribution < -0.4 is 10.5 Å². The van der Waals surface area contributed by atoms with E-state index in [1.165, 1.54) is 16.9 Å². The lowest BCUT2D eigenvalue weighted by Gasteiger charge is -2.26. The highest BCUT2D eigenvalue weighted by molar-refractivity contribution is 6.76. The minimum Gasteiger partial charge on any atom is -0.454 e. The summed E-state index contributed by atoms with van der Waals surface area (Å²) in [7, 11) is -1.33. The van der Waals surface area contributed by atoms with Crippen molar-refractivity contribution in [3.63, 3.8) is 0 Å². The van der Waals surface area contributed by atoms with Crippen LogP contribution in [-0.2, 0) is 16.2 Å². The molecule has 6 rings (SSSR count). The molecule has 2 N–H and O–H groups in total. The van der Waals surface area contributed by atoms with E-state index < -0.39 is 13.9 Å². The smallest absolute Gasteiger partial charge is 0.254 e. The van der Waals surface area contributed by atoms with Crippen LogP contribution in [0.1, 0.15) is 32.0 Å². The average Bonchev–Trinajstić information content (AvgIpc) is 3.63. The van der Waals surface area contributed by atoms with E-state index >= 15 is 0 Å². The maximum Gasteiger partial charge on any atom is 0.254 e. The average molecular weight is 670 g/mol. The summed E-state index contributed by atoms with van der Waals surface area (Å²) < 4.78 is 34.7. The second kappa shape index (κ2) is 13.8. The standard InChI is InChI=1S/C36H40FN5O5Si/c1-24-19-27(47-33-8-6-5-7-29(33)37)10-12-30(24)42-35(38)28(22-39-42)34(43)32-21-26-20-25(36(44)40-13-15-45-16-14-40)9-11-31(26)41(32)23-46-17-18-48(2,3)4/h5-12,19-22H,13-18,23,38H2,1-4H3. The Bertz CT molecular complexity index is 1980. The summed E-state index contributed by atoms with van der Waals surface area (Å²) in [6.07, 6.45) is 1.46. The van der Waals surface area contributed by atoms with Crippen molar-refractivity contribution < 1.29 is 28.2 Å². The van der Waals surface area contributed by atoms with Crippen molar-refractivity contribution in [1.29, 1.82) is 0 Å². The molecule has 0 atom stereocenters. The zero-order chi connectivity index (χ0) is 34.0. The van der Waals surface area contributed by atoms with E-state index in [-0.39, 0.29) is 35.6 Å². The van der Waals surface area contributed by atoms with Gasteiger partial charge in [0.1, 0.15) is 18.3 Å². The number of para-hydroxylation sites is 1. The van der Waals surface area contributed by atoms with Crippen LogP contribution in [0.2, 0.25) is 25.7 Å². The summed E-state index contributed by atoms with van der Waals surface area (Å²) >= 11 is 0. The minimum absolute atomic E-state index is 0.0709. The highest BCUT2D eigenvalue weighted by Gasteiger charge is 2.25. The number of nitrogen functional groups attached to an aromatic ring is 1. The first-order valence-electron chi connectivity index (χ1n) is 16.0. The highest BCUT2D eigenvalue weighted by Crippen LogP contribution is 2.30. The number of rotatable bonds is 11. The fraction of sp³-hybridized carbons (Fsp3) is 0.306. The number of halogens is 1. The number of nitrogens with two attached hydrogens (primary N) is 1. The first-order valence-corrected chi connectivity index (χ1v) is 19.7. The third-order valence-electron chi connectivity index (χ3n) is 8.41. The molecule has 48 heavy (non-hydrogen) atoms. The Morgan fingerprint density at radius 2 is 1.79 bits per heavy atom. The summed E-state index contributed by atoms with van der Waals surface area (Å²) in [5.41, 5.74) is 9.93. The number of fused-ring (bicyclic) bond motifs is 1. The zero-order valence-electron chi connectivity index (χ0n) is 27.7. The van der Waals surface area contributed by atoms with E-state index in [1.807, 2.05) is 23.6 Å². The Kier molecular flexibility index (Phi) is 9.49. The first-order chi connectivity index (χ1) is 23.0. The van der Waals surface area contributed by atoms with Crippen LogP contribution in [0.15, 0.2) is 72.9 Å². The van der Waals surface area contributed by atoms with E-state index in [9.17, 15) is 14.0 Å². The molecule has 10 nitrogen and oxygen atoms in total. The fourth-order valence-electron chi connectivity index (χ4n) is 5.66. The minimum atomic E-state index is -1.33. The number of anilines is 1. The number of ether oxygens (including phenoxy) is 3. The fourth-order valence-corrected chi connectivity index (χ4v) is 6.42. The van der Waals surface area contributed by atoms with E-state index in [4.69, 9.17) is 19.9 Å². The molecule has 3 aromatic carbocycles. The van der Waals surface area contributed by atoms with Crippen molar-refractivity contribution in [2.45, 2.75) is 39.3 Å². The molecule has 0 saturated carbocycles. The Morgan fingerprint density at radius 3 is 2.52 bits per heavy atom. The lowest BCUT2D eigenvalue weighted by Crippen LogP contribution is -2.40. The molecule has 1 fully saturated rings. The monoisotopic (exact) mass is 669 g/mol. The maximum absolute atomic E-state index is 14.2. The molecule has 1 aliphatic rings. The SMILES string of the molecule is Cc1cc(Oc2ccccc2F)ccc1-n1ncc(C(=O)c2cc3cc(C(=O)N4CCOCC4)ccc3n2COCC[Si](C)(C)C)c1N. The van der Waals surface area contributed by atoms with Crippen LogP contribution >= 0.6 is 0 Å². The lowest BCUT2D eigenvalue weighted by molar-refractivity contribution is 0.0303. The van der Waals surface area contributed by atoms with Crippen LogP contribution in [0.3, 0.4) is 0 Å². The number of carbonyl (C=O) groups is 2. The summed E-state index contributed by atoms with van der Waals surface area (Å²) in [6.45, 7) is 11.6. The van der Waals surface area contributed by atoms with Gasteiger partial charge in [0.15, 0.2) is 11.6 Å². The number of ketones is 1. The van der Waals surface area contributed by atoms with Crippen LogP contribution in [0.5, 0.6) is 11.5 Å². The highest BCUT2D eigenvalue weighted by atomic mass is 28.3. The lowest BCUT2D eigenvalue weighted by atomic mass is 10.1. The molecule has 12 heteroatoms. The molecule has 0 radical (unpaired) electrons. The van der Waals surface area contributed by atoms with Gasteiger partial charge in [0.05, 0.1) is 41.9 Å². The molecule has 3 heterocycles. The van der Waals surface area contributed by atoms with Gasteiger partial charge in [-0.3, -0.25) is 9.59 Å². The van der Waals surface area contributed by atoms with Gasteiger partial charge in [0, 0.05) is 38.7 Å². The number of hydrogen-bond donors (Lipinski definition) is 1. The molecule has 0 unspecified atom stereocenters. The third kappa shape index (κ3) is 7.05. The Morgan fingerprint density at radius 1 is 1.02 bits per heavy atom.